The van der Waals surface area contributed by atoms with Crippen molar-refractivity contribution in [2.45, 2.75) is 32.6 Å². The lowest BCUT2D eigenvalue weighted by Gasteiger charge is -2.32. The van der Waals surface area contributed by atoms with Gasteiger partial charge in [0.25, 0.3) is 0 Å². The quantitative estimate of drug-likeness (QED) is 0.846. The van der Waals surface area contributed by atoms with E-state index in [0.717, 1.165) is 37.1 Å². The average molecular weight is 259 g/mol. The molecule has 19 heavy (non-hydrogen) atoms. The highest BCUT2D eigenvalue weighted by molar-refractivity contribution is 5.34. The molecule has 0 spiro atoms. The zero-order valence-electron chi connectivity index (χ0n) is 12.1. The van der Waals surface area contributed by atoms with Crippen LogP contribution in [0.2, 0.25) is 0 Å². The van der Waals surface area contributed by atoms with Gasteiger partial charge in [0.2, 0.25) is 0 Å². The van der Waals surface area contributed by atoms with Crippen LogP contribution in [0.5, 0.6) is 5.75 Å². The molecule has 0 saturated heterocycles. The molecule has 0 heterocycles. The minimum Gasteiger partial charge on any atom is -0.496 e. The first-order chi connectivity index (χ1) is 9.26. The van der Waals surface area contributed by atoms with Crippen molar-refractivity contribution in [1.29, 1.82) is 0 Å². The summed E-state index contributed by atoms with van der Waals surface area (Å²) < 4.78 is 5.52. The Bertz CT molecular complexity index is 433. The van der Waals surface area contributed by atoms with Gasteiger partial charge >= 0.3 is 0 Å². The predicted octanol–water partition coefficient (Wildman–Crippen LogP) is 3.26. The maximum absolute atomic E-state index is 5.52. The van der Waals surface area contributed by atoms with Crippen LogP contribution in [0.15, 0.2) is 24.3 Å². The minimum absolute atomic E-state index is 0.470. The van der Waals surface area contributed by atoms with Gasteiger partial charge in [-0.3, -0.25) is 0 Å². The Balaban J connectivity index is 1.77. The molecule has 0 amide bonds. The summed E-state index contributed by atoms with van der Waals surface area (Å²) in [7, 11) is 1.78. The van der Waals surface area contributed by atoms with Crippen molar-refractivity contribution in [3.8, 4) is 5.75 Å². The maximum atomic E-state index is 5.52. The third-order valence-corrected chi connectivity index (χ3v) is 4.97. The molecule has 2 fully saturated rings. The van der Waals surface area contributed by atoms with Gasteiger partial charge in [-0.25, -0.2) is 0 Å². The monoisotopic (exact) mass is 259 g/mol. The molecule has 1 aromatic carbocycles. The van der Waals surface area contributed by atoms with E-state index in [4.69, 9.17) is 4.74 Å². The SMILES string of the molecule is CCNCC1(Cc2ccccc2OC)CC2CC2C1. The van der Waals surface area contributed by atoms with Gasteiger partial charge in [-0.05, 0) is 61.1 Å². The fraction of sp³-hybridized carbons (Fsp3) is 0.647. The molecule has 2 nitrogen and oxygen atoms in total. The molecular weight excluding hydrogens is 234 g/mol. The minimum atomic E-state index is 0.470. The Morgan fingerprint density at radius 2 is 2.00 bits per heavy atom. The van der Waals surface area contributed by atoms with Crippen LogP contribution >= 0.6 is 0 Å². The van der Waals surface area contributed by atoms with E-state index >= 15 is 0 Å². The molecule has 2 heteroatoms. The number of para-hydroxylation sites is 1. The van der Waals surface area contributed by atoms with E-state index in [0.29, 0.717) is 5.41 Å². The lowest BCUT2D eigenvalue weighted by Crippen LogP contribution is -2.35. The maximum Gasteiger partial charge on any atom is 0.122 e. The van der Waals surface area contributed by atoms with E-state index in [1.165, 1.54) is 24.8 Å². The molecule has 3 rings (SSSR count). The van der Waals surface area contributed by atoms with E-state index in [-0.39, 0.29) is 0 Å². The van der Waals surface area contributed by atoms with Gasteiger partial charge < -0.3 is 10.1 Å². The van der Waals surface area contributed by atoms with E-state index in [1.54, 1.807) is 7.11 Å². The Morgan fingerprint density at radius 3 is 2.68 bits per heavy atom. The van der Waals surface area contributed by atoms with Crippen molar-refractivity contribution in [1.82, 2.24) is 5.32 Å². The highest BCUT2D eigenvalue weighted by Gasteiger charge is 2.53. The van der Waals surface area contributed by atoms with Crippen LogP contribution in [0.3, 0.4) is 0 Å². The predicted molar refractivity (Wildman–Crippen MR) is 78.5 cm³/mol. The number of nitrogens with one attached hydrogen (secondary N) is 1. The summed E-state index contributed by atoms with van der Waals surface area (Å²) in [5.74, 6) is 3.10. The van der Waals surface area contributed by atoms with Crippen LogP contribution in [-0.2, 0) is 6.42 Å². The second-order valence-electron chi connectivity index (χ2n) is 6.43. The van der Waals surface area contributed by atoms with Gasteiger partial charge in [-0.1, -0.05) is 25.1 Å². The first-order valence-corrected chi connectivity index (χ1v) is 7.59. The summed E-state index contributed by atoms with van der Waals surface area (Å²) in [6, 6.07) is 8.52. The molecular formula is C17H25NO. The van der Waals surface area contributed by atoms with Gasteiger partial charge in [-0.2, -0.15) is 0 Å². The van der Waals surface area contributed by atoms with Gasteiger partial charge in [0.05, 0.1) is 7.11 Å². The van der Waals surface area contributed by atoms with E-state index in [1.807, 2.05) is 0 Å². The van der Waals surface area contributed by atoms with E-state index < -0.39 is 0 Å². The zero-order valence-corrected chi connectivity index (χ0v) is 12.1. The molecule has 0 aromatic heterocycles. The molecule has 2 unspecified atom stereocenters. The number of rotatable bonds is 6. The average Bonchev–Trinajstić information content (AvgIpc) is 3.05. The molecule has 2 atom stereocenters. The summed E-state index contributed by atoms with van der Waals surface area (Å²) in [6.07, 6.45) is 5.46. The van der Waals surface area contributed by atoms with Gasteiger partial charge in [0.1, 0.15) is 5.75 Å². The number of hydrogen-bond donors (Lipinski definition) is 1. The van der Waals surface area contributed by atoms with Crippen molar-refractivity contribution >= 4 is 0 Å². The van der Waals surface area contributed by atoms with Crippen molar-refractivity contribution in [2.24, 2.45) is 17.3 Å². The standard InChI is InChI=1S/C17H25NO/c1-3-18-12-17(10-14-8-15(14)11-17)9-13-6-4-5-7-16(13)19-2/h4-7,14-15,18H,3,8-12H2,1-2H3. The van der Waals surface area contributed by atoms with Crippen LogP contribution in [0.4, 0.5) is 0 Å². The topological polar surface area (TPSA) is 21.3 Å². The Labute approximate surface area is 116 Å². The second-order valence-corrected chi connectivity index (χ2v) is 6.43. The molecule has 1 aromatic rings. The summed E-state index contributed by atoms with van der Waals surface area (Å²) in [6.45, 7) is 4.43. The zero-order chi connectivity index (χ0) is 13.3. The number of benzene rings is 1. The molecule has 2 aliphatic rings. The van der Waals surface area contributed by atoms with E-state index in [9.17, 15) is 0 Å². The van der Waals surface area contributed by atoms with Crippen LogP contribution in [0.1, 0.15) is 31.7 Å². The molecule has 2 aliphatic carbocycles. The largest absolute Gasteiger partial charge is 0.496 e. The Morgan fingerprint density at radius 1 is 1.26 bits per heavy atom. The summed E-state index contributed by atoms with van der Waals surface area (Å²) >= 11 is 0. The highest BCUT2D eigenvalue weighted by atomic mass is 16.5. The lowest BCUT2D eigenvalue weighted by atomic mass is 9.77. The summed E-state index contributed by atoms with van der Waals surface area (Å²) in [4.78, 5) is 0. The molecule has 0 bridgehead atoms. The van der Waals surface area contributed by atoms with E-state index in [2.05, 4.69) is 36.5 Å². The fourth-order valence-corrected chi connectivity index (χ4v) is 4.00. The van der Waals surface area contributed by atoms with Crippen molar-refractivity contribution < 1.29 is 4.74 Å². The van der Waals surface area contributed by atoms with Crippen LogP contribution < -0.4 is 10.1 Å². The molecule has 1 N–H and O–H groups in total. The summed E-state index contributed by atoms with van der Waals surface area (Å²) in [5, 5.41) is 3.59. The second kappa shape index (κ2) is 5.16. The first kappa shape index (κ1) is 13.0. The molecule has 104 valence electrons. The van der Waals surface area contributed by atoms with Gasteiger partial charge in [0, 0.05) is 6.54 Å². The number of ether oxygens (including phenoxy) is 1. The normalized spacial score (nSPS) is 32.1. The lowest BCUT2D eigenvalue weighted by molar-refractivity contribution is 0.247. The molecule has 0 aliphatic heterocycles. The number of fused-ring (bicyclic) bond motifs is 1. The van der Waals surface area contributed by atoms with Crippen LogP contribution in [0, 0.1) is 17.3 Å². The number of methoxy groups -OCH3 is 1. The molecule has 0 radical (unpaired) electrons. The smallest absolute Gasteiger partial charge is 0.122 e. The Kier molecular flexibility index (Phi) is 3.53. The van der Waals surface area contributed by atoms with Crippen LogP contribution in [0.25, 0.3) is 0 Å². The third-order valence-electron chi connectivity index (χ3n) is 4.97. The number of hydrogen-bond acceptors (Lipinski definition) is 2. The first-order valence-electron chi connectivity index (χ1n) is 7.59. The highest BCUT2D eigenvalue weighted by Crippen LogP contribution is 2.60. The van der Waals surface area contributed by atoms with Gasteiger partial charge in [-0.15, -0.1) is 0 Å². The fourth-order valence-electron chi connectivity index (χ4n) is 4.00. The van der Waals surface area contributed by atoms with Crippen molar-refractivity contribution in [2.75, 3.05) is 20.2 Å². The molecule has 2 saturated carbocycles. The van der Waals surface area contributed by atoms with Crippen LogP contribution in [-0.4, -0.2) is 20.2 Å². The van der Waals surface area contributed by atoms with Gasteiger partial charge in [0.15, 0.2) is 0 Å². The Hall–Kier alpha value is -1.02. The van der Waals surface area contributed by atoms with Crippen molar-refractivity contribution in [3.63, 3.8) is 0 Å². The van der Waals surface area contributed by atoms with Crippen molar-refractivity contribution in [3.05, 3.63) is 29.8 Å². The summed E-state index contributed by atoms with van der Waals surface area (Å²) in [5.41, 5.74) is 1.85. The third kappa shape index (κ3) is 2.64.